The smallest absolute Gasteiger partial charge is 0.340 e. The number of methoxy groups -OCH3 is 1. The molecule has 22 heavy (non-hydrogen) atoms. The second kappa shape index (κ2) is 5.93. The minimum absolute atomic E-state index is 0.344. The van der Waals surface area contributed by atoms with Crippen LogP contribution in [-0.4, -0.2) is 29.4 Å². The molecule has 2 aromatic rings. The number of benzene rings is 1. The molecular formula is C17H21N3O2. The van der Waals surface area contributed by atoms with Crippen molar-refractivity contribution in [1.82, 2.24) is 9.78 Å². The molecular weight excluding hydrogens is 278 g/mol. The highest BCUT2D eigenvalue weighted by molar-refractivity contribution is 5.93. The highest BCUT2D eigenvalue weighted by Gasteiger charge is 2.27. The third-order valence-corrected chi connectivity index (χ3v) is 4.40. The number of fused-ring (bicyclic) bond motifs is 1. The number of esters is 1. The molecule has 0 bridgehead atoms. The molecule has 116 valence electrons. The molecule has 5 heteroatoms. The molecule has 1 aliphatic carbocycles. The zero-order valence-electron chi connectivity index (χ0n) is 13.0. The Balaban J connectivity index is 2.17. The molecule has 0 fully saturated rings. The highest BCUT2D eigenvalue weighted by Crippen LogP contribution is 2.35. The first kappa shape index (κ1) is 14.8. The molecule has 5 nitrogen and oxygen atoms in total. The van der Waals surface area contributed by atoms with Gasteiger partial charge in [0.05, 0.1) is 24.1 Å². The van der Waals surface area contributed by atoms with Crippen LogP contribution in [0, 0.1) is 6.92 Å². The number of nitrogens with two attached hydrogens (primary N) is 1. The van der Waals surface area contributed by atoms with E-state index in [9.17, 15) is 4.79 Å². The van der Waals surface area contributed by atoms with Gasteiger partial charge in [0, 0.05) is 11.3 Å². The van der Waals surface area contributed by atoms with E-state index in [4.69, 9.17) is 15.6 Å². The molecule has 0 amide bonds. The maximum absolute atomic E-state index is 12.0. The molecule has 1 aliphatic rings. The lowest BCUT2D eigenvalue weighted by molar-refractivity contribution is 0.0600. The Morgan fingerprint density at radius 3 is 2.95 bits per heavy atom. The predicted molar refractivity (Wildman–Crippen MR) is 84.4 cm³/mol. The molecule has 3 rings (SSSR count). The van der Waals surface area contributed by atoms with Crippen LogP contribution in [0.5, 0.6) is 0 Å². The fraction of sp³-hybridized carbons (Fsp3) is 0.412. The van der Waals surface area contributed by atoms with Gasteiger partial charge in [-0.05, 0) is 50.8 Å². The van der Waals surface area contributed by atoms with Crippen molar-refractivity contribution in [3.05, 3.63) is 46.8 Å². The van der Waals surface area contributed by atoms with Crippen molar-refractivity contribution < 1.29 is 9.53 Å². The molecule has 0 aliphatic heterocycles. The summed E-state index contributed by atoms with van der Waals surface area (Å²) in [6.45, 7) is 2.66. The SMILES string of the molecule is COC(=O)c1ccccc1-n1nc(C)c2c1CCCC2CN. The summed E-state index contributed by atoms with van der Waals surface area (Å²) in [5.41, 5.74) is 10.7. The van der Waals surface area contributed by atoms with E-state index in [1.807, 2.05) is 29.8 Å². The van der Waals surface area contributed by atoms with Crippen LogP contribution in [0.4, 0.5) is 0 Å². The summed E-state index contributed by atoms with van der Waals surface area (Å²) < 4.78 is 6.79. The summed E-state index contributed by atoms with van der Waals surface area (Å²) in [5.74, 6) is 0.0199. The number of aromatic nitrogens is 2. The van der Waals surface area contributed by atoms with E-state index in [2.05, 4.69) is 0 Å². The van der Waals surface area contributed by atoms with E-state index in [1.165, 1.54) is 18.4 Å². The maximum Gasteiger partial charge on any atom is 0.340 e. The molecule has 1 aromatic heterocycles. The van der Waals surface area contributed by atoms with Crippen LogP contribution in [0.1, 0.15) is 46.1 Å². The zero-order chi connectivity index (χ0) is 15.7. The number of nitrogens with zero attached hydrogens (tertiary/aromatic N) is 2. The van der Waals surface area contributed by atoms with Crippen LogP contribution in [0.25, 0.3) is 5.69 Å². The largest absolute Gasteiger partial charge is 0.465 e. The molecule has 0 saturated heterocycles. The van der Waals surface area contributed by atoms with E-state index in [-0.39, 0.29) is 5.97 Å². The van der Waals surface area contributed by atoms with Gasteiger partial charge in [0.25, 0.3) is 0 Å². The van der Waals surface area contributed by atoms with Gasteiger partial charge in [-0.15, -0.1) is 0 Å². The van der Waals surface area contributed by atoms with Crippen LogP contribution >= 0.6 is 0 Å². The van der Waals surface area contributed by atoms with Gasteiger partial charge in [-0.3, -0.25) is 0 Å². The van der Waals surface area contributed by atoms with E-state index < -0.39 is 0 Å². The number of ether oxygens (including phenoxy) is 1. The molecule has 0 saturated carbocycles. The standard InChI is InChI=1S/C17H21N3O2/c1-11-16-12(10-18)6-5-9-15(16)20(19-11)14-8-4-3-7-13(14)17(21)22-2/h3-4,7-8,12H,5-6,9-10,18H2,1-2H3. The Bertz CT molecular complexity index is 706. The fourth-order valence-electron chi connectivity index (χ4n) is 3.39. The average Bonchev–Trinajstić information content (AvgIpc) is 2.91. The van der Waals surface area contributed by atoms with Crippen LogP contribution in [-0.2, 0) is 11.2 Å². The lowest BCUT2D eigenvalue weighted by Crippen LogP contribution is -2.19. The predicted octanol–water partition coefficient (Wildman–Crippen LogP) is 2.35. The van der Waals surface area contributed by atoms with Crippen LogP contribution < -0.4 is 5.73 Å². The Labute approximate surface area is 130 Å². The molecule has 1 heterocycles. The van der Waals surface area contributed by atoms with Crippen LogP contribution in [0.2, 0.25) is 0 Å². The van der Waals surface area contributed by atoms with Gasteiger partial charge >= 0.3 is 5.97 Å². The molecule has 1 aromatic carbocycles. The van der Waals surface area contributed by atoms with Crippen LogP contribution in [0.3, 0.4) is 0 Å². The minimum Gasteiger partial charge on any atom is -0.465 e. The van der Waals surface area contributed by atoms with Crippen LogP contribution in [0.15, 0.2) is 24.3 Å². The number of aryl methyl sites for hydroxylation is 1. The first-order valence-corrected chi connectivity index (χ1v) is 7.63. The molecule has 0 spiro atoms. The normalized spacial score (nSPS) is 17.1. The fourth-order valence-corrected chi connectivity index (χ4v) is 3.39. The van der Waals surface area contributed by atoms with Gasteiger partial charge in [-0.2, -0.15) is 5.10 Å². The Kier molecular flexibility index (Phi) is 3.98. The summed E-state index contributed by atoms with van der Waals surface area (Å²) in [4.78, 5) is 12.0. The van der Waals surface area contributed by atoms with Crippen molar-refractivity contribution in [2.45, 2.75) is 32.1 Å². The highest BCUT2D eigenvalue weighted by atomic mass is 16.5. The quantitative estimate of drug-likeness (QED) is 0.883. The van der Waals surface area contributed by atoms with Crippen molar-refractivity contribution in [3.63, 3.8) is 0 Å². The zero-order valence-corrected chi connectivity index (χ0v) is 13.0. The van der Waals surface area contributed by atoms with Gasteiger partial charge in [0.1, 0.15) is 0 Å². The molecule has 0 radical (unpaired) electrons. The summed E-state index contributed by atoms with van der Waals surface area (Å²) in [6, 6.07) is 7.43. The summed E-state index contributed by atoms with van der Waals surface area (Å²) in [6.07, 6.45) is 3.16. The van der Waals surface area contributed by atoms with Gasteiger partial charge in [0.15, 0.2) is 0 Å². The van der Waals surface area contributed by atoms with Crippen molar-refractivity contribution >= 4 is 5.97 Å². The maximum atomic E-state index is 12.0. The second-order valence-corrected chi connectivity index (χ2v) is 5.69. The number of carbonyl (C=O) groups is 1. The third kappa shape index (κ3) is 2.31. The molecule has 1 unspecified atom stereocenters. The van der Waals surface area contributed by atoms with E-state index in [1.54, 1.807) is 6.07 Å². The van der Waals surface area contributed by atoms with Crippen molar-refractivity contribution in [3.8, 4) is 5.69 Å². The van der Waals surface area contributed by atoms with Gasteiger partial charge in [0.2, 0.25) is 0 Å². The van der Waals surface area contributed by atoms with Gasteiger partial charge in [-0.25, -0.2) is 9.48 Å². The Morgan fingerprint density at radius 1 is 1.45 bits per heavy atom. The van der Waals surface area contributed by atoms with Crippen molar-refractivity contribution in [2.75, 3.05) is 13.7 Å². The van der Waals surface area contributed by atoms with E-state index in [0.29, 0.717) is 18.0 Å². The second-order valence-electron chi connectivity index (χ2n) is 5.69. The third-order valence-electron chi connectivity index (χ3n) is 4.40. The summed E-state index contributed by atoms with van der Waals surface area (Å²) in [7, 11) is 1.40. The monoisotopic (exact) mass is 299 g/mol. The van der Waals surface area contributed by atoms with Crippen molar-refractivity contribution in [1.29, 1.82) is 0 Å². The summed E-state index contributed by atoms with van der Waals surface area (Å²) >= 11 is 0. The first-order valence-electron chi connectivity index (χ1n) is 7.63. The number of carbonyl (C=O) groups excluding carboxylic acids is 1. The van der Waals surface area contributed by atoms with Gasteiger partial charge in [-0.1, -0.05) is 12.1 Å². The number of para-hydroxylation sites is 1. The first-order chi connectivity index (χ1) is 10.7. The number of hydrogen-bond acceptors (Lipinski definition) is 4. The number of hydrogen-bond donors (Lipinski definition) is 1. The molecule has 2 N–H and O–H groups in total. The van der Waals surface area contributed by atoms with E-state index >= 15 is 0 Å². The molecule has 1 atom stereocenters. The van der Waals surface area contributed by atoms with E-state index in [0.717, 1.165) is 30.6 Å². The summed E-state index contributed by atoms with van der Waals surface area (Å²) in [5, 5.41) is 4.69. The lowest BCUT2D eigenvalue weighted by Gasteiger charge is -2.22. The van der Waals surface area contributed by atoms with Gasteiger partial charge < -0.3 is 10.5 Å². The lowest BCUT2D eigenvalue weighted by atomic mass is 9.85. The topological polar surface area (TPSA) is 70.1 Å². The average molecular weight is 299 g/mol. The Morgan fingerprint density at radius 2 is 2.23 bits per heavy atom. The van der Waals surface area contributed by atoms with Crippen molar-refractivity contribution in [2.24, 2.45) is 5.73 Å². The minimum atomic E-state index is -0.344. The Hall–Kier alpha value is -2.14. The number of rotatable bonds is 3.